The maximum absolute atomic E-state index is 4.68. The number of H-pyrrole nitrogens is 1. The van der Waals surface area contributed by atoms with Crippen LogP contribution in [0.4, 0.5) is 0 Å². The van der Waals surface area contributed by atoms with Gasteiger partial charge in [-0.15, -0.1) is 0 Å². The molecule has 1 aromatic carbocycles. The summed E-state index contributed by atoms with van der Waals surface area (Å²) in [7, 11) is 0. The van der Waals surface area contributed by atoms with Crippen molar-refractivity contribution in [3.05, 3.63) is 55.0 Å². The zero-order valence-electron chi connectivity index (χ0n) is 10.0. The minimum Gasteiger partial charge on any atom is -0.343 e. The van der Waals surface area contributed by atoms with E-state index in [1.807, 2.05) is 36.4 Å². The molecule has 4 aromatic rings. The molecule has 0 atom stereocenters. The van der Waals surface area contributed by atoms with Crippen LogP contribution in [0.5, 0.6) is 0 Å². The molecule has 0 bridgehead atoms. The van der Waals surface area contributed by atoms with E-state index in [1.54, 1.807) is 18.6 Å². The highest BCUT2D eigenvalue weighted by atomic mass is 14.9. The van der Waals surface area contributed by atoms with Gasteiger partial charge in [-0.05, 0) is 18.2 Å². The lowest BCUT2D eigenvalue weighted by molar-refractivity contribution is 1.27. The molecule has 1 N–H and O–H groups in total. The summed E-state index contributed by atoms with van der Waals surface area (Å²) in [5.74, 6) is 0.789. The minimum absolute atomic E-state index is 0.789. The molecular formula is C15H10N4. The SMILES string of the molecule is c1ccc2c(ccc3cc(-c4ncc[nH]4)nc32)nc1. The molecule has 0 radical (unpaired) electrons. The lowest BCUT2D eigenvalue weighted by atomic mass is 10.1. The molecular weight excluding hydrogens is 236 g/mol. The van der Waals surface area contributed by atoms with Gasteiger partial charge in [-0.3, -0.25) is 4.98 Å². The van der Waals surface area contributed by atoms with Crippen molar-refractivity contribution in [2.45, 2.75) is 0 Å². The van der Waals surface area contributed by atoms with Crippen molar-refractivity contribution < 1.29 is 0 Å². The Labute approximate surface area is 109 Å². The Morgan fingerprint density at radius 3 is 2.84 bits per heavy atom. The van der Waals surface area contributed by atoms with Crippen molar-refractivity contribution in [2.75, 3.05) is 0 Å². The average molecular weight is 246 g/mol. The van der Waals surface area contributed by atoms with Gasteiger partial charge < -0.3 is 4.98 Å². The van der Waals surface area contributed by atoms with Crippen molar-refractivity contribution in [3.8, 4) is 11.5 Å². The van der Waals surface area contributed by atoms with Gasteiger partial charge in [-0.25, -0.2) is 9.97 Å². The number of rotatable bonds is 1. The van der Waals surface area contributed by atoms with Crippen LogP contribution in [0.3, 0.4) is 0 Å². The number of aromatic nitrogens is 4. The Hall–Kier alpha value is -2.75. The smallest absolute Gasteiger partial charge is 0.156 e. The summed E-state index contributed by atoms with van der Waals surface area (Å²) in [4.78, 5) is 16.4. The zero-order valence-corrected chi connectivity index (χ0v) is 10.0. The van der Waals surface area contributed by atoms with Crippen molar-refractivity contribution in [1.29, 1.82) is 0 Å². The molecule has 4 nitrogen and oxygen atoms in total. The first-order chi connectivity index (χ1) is 9.42. The Bertz CT molecular complexity index is 866. The van der Waals surface area contributed by atoms with Crippen LogP contribution in [0, 0.1) is 0 Å². The number of nitrogens with one attached hydrogen (secondary N) is 1. The van der Waals surface area contributed by atoms with Gasteiger partial charge in [0.2, 0.25) is 0 Å². The van der Waals surface area contributed by atoms with Crippen molar-refractivity contribution in [3.63, 3.8) is 0 Å². The molecule has 4 rings (SSSR count). The van der Waals surface area contributed by atoms with Crippen LogP contribution in [0.1, 0.15) is 0 Å². The summed E-state index contributed by atoms with van der Waals surface area (Å²) in [5, 5.41) is 2.16. The third kappa shape index (κ3) is 1.57. The highest BCUT2D eigenvalue weighted by Gasteiger charge is 2.09. The molecule has 0 fully saturated rings. The Kier molecular flexibility index (Phi) is 2.08. The summed E-state index contributed by atoms with van der Waals surface area (Å²) in [6.07, 6.45) is 5.33. The largest absolute Gasteiger partial charge is 0.343 e. The molecule has 0 amide bonds. The van der Waals surface area contributed by atoms with Crippen LogP contribution in [0.15, 0.2) is 55.0 Å². The van der Waals surface area contributed by atoms with Crippen LogP contribution < -0.4 is 0 Å². The zero-order chi connectivity index (χ0) is 12.7. The monoisotopic (exact) mass is 246 g/mol. The molecule has 0 saturated carbocycles. The molecule has 0 spiro atoms. The van der Waals surface area contributed by atoms with Gasteiger partial charge in [0, 0.05) is 29.4 Å². The van der Waals surface area contributed by atoms with Crippen LogP contribution in [0.25, 0.3) is 33.3 Å². The second-order valence-electron chi connectivity index (χ2n) is 4.35. The van der Waals surface area contributed by atoms with E-state index in [0.717, 1.165) is 33.3 Å². The van der Waals surface area contributed by atoms with Gasteiger partial charge in [0.15, 0.2) is 5.82 Å². The average Bonchev–Trinajstić information content (AvgIpc) is 3.03. The number of imidazole rings is 1. The fourth-order valence-electron chi connectivity index (χ4n) is 2.28. The fourth-order valence-corrected chi connectivity index (χ4v) is 2.28. The third-order valence-electron chi connectivity index (χ3n) is 3.16. The van der Waals surface area contributed by atoms with Crippen molar-refractivity contribution in [2.24, 2.45) is 0 Å². The van der Waals surface area contributed by atoms with Crippen LogP contribution >= 0.6 is 0 Å². The number of hydrogen-bond donors (Lipinski definition) is 1. The van der Waals surface area contributed by atoms with Gasteiger partial charge in [0.05, 0.1) is 11.0 Å². The number of fused-ring (bicyclic) bond motifs is 3. The summed E-state index contributed by atoms with van der Waals surface area (Å²) in [6, 6.07) is 12.1. The van der Waals surface area contributed by atoms with Crippen LogP contribution in [-0.2, 0) is 0 Å². The molecule has 90 valence electrons. The lowest BCUT2D eigenvalue weighted by Gasteiger charge is -1.93. The molecule has 19 heavy (non-hydrogen) atoms. The molecule has 0 aliphatic carbocycles. The summed E-state index contributed by atoms with van der Waals surface area (Å²) >= 11 is 0. The first-order valence-corrected chi connectivity index (χ1v) is 6.06. The summed E-state index contributed by atoms with van der Waals surface area (Å²) in [5.41, 5.74) is 2.77. The van der Waals surface area contributed by atoms with Crippen molar-refractivity contribution in [1.82, 2.24) is 19.9 Å². The van der Waals surface area contributed by atoms with E-state index in [1.165, 1.54) is 0 Å². The number of nitrogens with zero attached hydrogens (tertiary/aromatic N) is 3. The Morgan fingerprint density at radius 2 is 1.95 bits per heavy atom. The van der Waals surface area contributed by atoms with E-state index >= 15 is 0 Å². The predicted molar refractivity (Wildman–Crippen MR) is 74.6 cm³/mol. The van der Waals surface area contributed by atoms with Crippen LogP contribution in [0.2, 0.25) is 0 Å². The first-order valence-electron chi connectivity index (χ1n) is 6.06. The van der Waals surface area contributed by atoms with Gasteiger partial charge in [0.25, 0.3) is 0 Å². The molecule has 0 aliphatic rings. The molecule has 0 aliphatic heterocycles. The third-order valence-corrected chi connectivity index (χ3v) is 3.16. The van der Waals surface area contributed by atoms with E-state index in [-0.39, 0.29) is 0 Å². The highest BCUT2D eigenvalue weighted by Crippen LogP contribution is 2.27. The predicted octanol–water partition coefficient (Wildman–Crippen LogP) is 3.17. The highest BCUT2D eigenvalue weighted by molar-refractivity contribution is 6.05. The lowest BCUT2D eigenvalue weighted by Crippen LogP contribution is -1.79. The van der Waals surface area contributed by atoms with E-state index < -0.39 is 0 Å². The topological polar surface area (TPSA) is 54.5 Å². The number of benzene rings is 1. The molecule has 3 aromatic heterocycles. The van der Waals surface area contributed by atoms with Gasteiger partial charge in [-0.1, -0.05) is 18.2 Å². The van der Waals surface area contributed by atoms with Gasteiger partial charge in [0.1, 0.15) is 5.69 Å². The number of hydrogen-bond acceptors (Lipinski definition) is 3. The minimum atomic E-state index is 0.789. The van der Waals surface area contributed by atoms with E-state index in [4.69, 9.17) is 0 Å². The standard InChI is InChI=1S/C15H10N4/c1-2-6-16-12-5-4-10-9-13(15-17-7-8-18-15)19-14(10)11(12)3-1/h1-9H,(H,17,18). The summed E-state index contributed by atoms with van der Waals surface area (Å²) < 4.78 is 0. The Balaban J connectivity index is 2.09. The molecule has 4 heteroatoms. The number of aromatic amines is 1. The van der Waals surface area contributed by atoms with Crippen molar-refractivity contribution >= 4 is 21.8 Å². The maximum atomic E-state index is 4.68. The summed E-state index contributed by atoms with van der Waals surface area (Å²) in [6.45, 7) is 0. The molecule has 0 unspecified atom stereocenters. The van der Waals surface area contributed by atoms with Gasteiger partial charge >= 0.3 is 0 Å². The first kappa shape index (κ1) is 10.2. The maximum Gasteiger partial charge on any atom is 0.156 e. The quantitative estimate of drug-likeness (QED) is 0.561. The van der Waals surface area contributed by atoms with E-state index in [0.29, 0.717) is 0 Å². The van der Waals surface area contributed by atoms with Gasteiger partial charge in [-0.2, -0.15) is 0 Å². The normalized spacial score (nSPS) is 11.2. The Morgan fingerprint density at radius 1 is 0.947 bits per heavy atom. The van der Waals surface area contributed by atoms with E-state index in [2.05, 4.69) is 19.9 Å². The fraction of sp³-hybridized carbons (Fsp3) is 0. The van der Waals surface area contributed by atoms with E-state index in [9.17, 15) is 0 Å². The van der Waals surface area contributed by atoms with Crippen LogP contribution in [-0.4, -0.2) is 19.9 Å². The second kappa shape index (κ2) is 3.88. The second-order valence-corrected chi connectivity index (χ2v) is 4.35. The molecule has 3 heterocycles. The molecule has 0 saturated heterocycles.